The molecule has 0 aromatic carbocycles. The van der Waals surface area contributed by atoms with Gasteiger partial charge in [-0.1, -0.05) is 0 Å². The molecule has 1 aliphatic heterocycles. The number of hydrogen-bond acceptors (Lipinski definition) is 2. The summed E-state index contributed by atoms with van der Waals surface area (Å²) in [5.74, 6) is 4.81. The lowest BCUT2D eigenvalue weighted by molar-refractivity contribution is -0.00461. The van der Waals surface area contributed by atoms with E-state index in [2.05, 4.69) is 17.0 Å². The second-order valence-corrected chi connectivity index (χ2v) is 7.82. The lowest BCUT2D eigenvalue weighted by Crippen LogP contribution is -2.44. The maximum Gasteiger partial charge on any atom is 0.0708 e. The van der Waals surface area contributed by atoms with Gasteiger partial charge in [0.2, 0.25) is 0 Å². The minimum Gasteiger partial charge on any atom is -0.312 e. The molecule has 0 atom stereocenters. The van der Waals surface area contributed by atoms with Crippen molar-refractivity contribution in [1.29, 1.82) is 0 Å². The van der Waals surface area contributed by atoms with Crippen LogP contribution in [0.2, 0.25) is 0 Å². The Balaban J connectivity index is 1.57. The molecule has 108 valence electrons. The molecule has 1 N–H and O–H groups in total. The highest BCUT2D eigenvalue weighted by molar-refractivity contribution is 5.33. The summed E-state index contributed by atoms with van der Waals surface area (Å²) >= 11 is 0. The van der Waals surface area contributed by atoms with E-state index in [0.29, 0.717) is 0 Å². The molecule has 3 nitrogen and oxygen atoms in total. The normalized spacial score (nSPS) is 42.0. The molecule has 0 amide bonds. The fraction of sp³-hybridized carbons (Fsp3) is 0.824. The Morgan fingerprint density at radius 2 is 1.75 bits per heavy atom. The van der Waals surface area contributed by atoms with Crippen LogP contribution in [-0.4, -0.2) is 16.3 Å². The van der Waals surface area contributed by atoms with E-state index < -0.39 is 0 Å². The molecule has 1 aromatic heterocycles. The van der Waals surface area contributed by atoms with Gasteiger partial charge in [-0.15, -0.1) is 0 Å². The van der Waals surface area contributed by atoms with Crippen LogP contribution in [0.1, 0.15) is 55.0 Å². The maximum absolute atomic E-state index is 5.01. The Labute approximate surface area is 121 Å². The molecule has 0 saturated heterocycles. The second-order valence-electron chi connectivity index (χ2n) is 7.82. The standard InChI is InChI=1S/C17H25N3/c1-20-15-2-3-18-9-14(15)17(19-20)16-12-5-10-4-11(7-12)8-13(16)6-10/h10-13,16,18H,2-9H2,1H3. The Morgan fingerprint density at radius 1 is 1.05 bits per heavy atom. The zero-order valence-electron chi connectivity index (χ0n) is 12.4. The van der Waals surface area contributed by atoms with Crippen LogP contribution >= 0.6 is 0 Å². The van der Waals surface area contributed by atoms with Gasteiger partial charge in [0.05, 0.1) is 5.69 Å². The quantitative estimate of drug-likeness (QED) is 0.851. The Morgan fingerprint density at radius 3 is 2.45 bits per heavy atom. The molecule has 0 radical (unpaired) electrons. The van der Waals surface area contributed by atoms with Crippen molar-refractivity contribution in [3.8, 4) is 0 Å². The predicted octanol–water partition coefficient (Wildman–Crippen LogP) is 2.61. The van der Waals surface area contributed by atoms with Crippen LogP contribution in [0, 0.1) is 23.7 Å². The summed E-state index contributed by atoms with van der Waals surface area (Å²) in [4.78, 5) is 0. The van der Waals surface area contributed by atoms with E-state index in [4.69, 9.17) is 5.10 Å². The number of aromatic nitrogens is 2. The number of aryl methyl sites for hydroxylation is 1. The highest BCUT2D eigenvalue weighted by atomic mass is 15.3. The zero-order valence-corrected chi connectivity index (χ0v) is 12.4. The maximum atomic E-state index is 5.01. The highest BCUT2D eigenvalue weighted by Gasteiger charge is 2.50. The van der Waals surface area contributed by atoms with Crippen LogP contribution in [0.25, 0.3) is 0 Å². The molecule has 2 heterocycles. The molecule has 4 bridgehead atoms. The Hall–Kier alpha value is -0.830. The first-order valence-corrected chi connectivity index (χ1v) is 8.55. The van der Waals surface area contributed by atoms with E-state index in [1.165, 1.54) is 37.1 Å². The summed E-state index contributed by atoms with van der Waals surface area (Å²) in [6.45, 7) is 2.18. The van der Waals surface area contributed by atoms with Crippen LogP contribution in [0.4, 0.5) is 0 Å². The van der Waals surface area contributed by atoms with E-state index in [-0.39, 0.29) is 0 Å². The van der Waals surface area contributed by atoms with Crippen molar-refractivity contribution < 1.29 is 0 Å². The number of nitrogens with one attached hydrogen (secondary N) is 1. The third kappa shape index (κ3) is 1.53. The van der Waals surface area contributed by atoms with Gasteiger partial charge in [0.1, 0.15) is 0 Å². The molecule has 6 rings (SSSR count). The van der Waals surface area contributed by atoms with Gasteiger partial charge >= 0.3 is 0 Å². The van der Waals surface area contributed by atoms with Gasteiger partial charge < -0.3 is 5.32 Å². The average molecular weight is 271 g/mol. The van der Waals surface area contributed by atoms with Crippen molar-refractivity contribution >= 4 is 0 Å². The summed E-state index contributed by atoms with van der Waals surface area (Å²) in [7, 11) is 2.16. The third-order valence-corrected chi connectivity index (χ3v) is 6.69. The molecule has 3 heteroatoms. The molecule has 20 heavy (non-hydrogen) atoms. The van der Waals surface area contributed by atoms with Gasteiger partial charge in [-0.3, -0.25) is 4.68 Å². The van der Waals surface area contributed by atoms with Crippen molar-refractivity contribution in [1.82, 2.24) is 15.1 Å². The first kappa shape index (κ1) is 11.8. The molecule has 5 aliphatic rings. The number of hydrogen-bond donors (Lipinski definition) is 1. The molecule has 1 aromatic rings. The summed E-state index contributed by atoms with van der Waals surface area (Å²) in [5, 5.41) is 8.58. The fourth-order valence-corrected chi connectivity index (χ4v) is 6.19. The van der Waals surface area contributed by atoms with Crippen LogP contribution in [0.15, 0.2) is 0 Å². The van der Waals surface area contributed by atoms with Crippen molar-refractivity contribution in [2.75, 3.05) is 6.54 Å². The molecular formula is C17H25N3. The topological polar surface area (TPSA) is 29.9 Å². The van der Waals surface area contributed by atoms with Crippen molar-refractivity contribution in [2.24, 2.45) is 30.7 Å². The number of nitrogens with zero attached hydrogens (tertiary/aromatic N) is 2. The SMILES string of the molecule is Cn1nc(C2C3CC4CC(C3)CC2C4)c2c1CCNC2. The highest BCUT2D eigenvalue weighted by Crippen LogP contribution is 2.60. The fourth-order valence-electron chi connectivity index (χ4n) is 6.19. The Kier molecular flexibility index (Phi) is 2.41. The van der Waals surface area contributed by atoms with E-state index in [1.54, 1.807) is 12.0 Å². The summed E-state index contributed by atoms with van der Waals surface area (Å²) in [6.07, 6.45) is 8.69. The summed E-state index contributed by atoms with van der Waals surface area (Å²) < 4.78 is 2.19. The minimum atomic E-state index is 0.789. The molecule has 4 aliphatic carbocycles. The van der Waals surface area contributed by atoms with Crippen LogP contribution < -0.4 is 5.32 Å². The van der Waals surface area contributed by atoms with Crippen LogP contribution in [0.3, 0.4) is 0 Å². The van der Waals surface area contributed by atoms with Gasteiger partial charge in [0, 0.05) is 43.7 Å². The molecule has 4 saturated carbocycles. The van der Waals surface area contributed by atoms with Crippen LogP contribution in [0.5, 0.6) is 0 Å². The van der Waals surface area contributed by atoms with E-state index in [1.807, 2.05) is 0 Å². The van der Waals surface area contributed by atoms with Crippen molar-refractivity contribution in [3.05, 3.63) is 17.0 Å². The van der Waals surface area contributed by atoms with Gasteiger partial charge in [-0.25, -0.2) is 0 Å². The summed E-state index contributed by atoms with van der Waals surface area (Å²) in [5.41, 5.74) is 4.56. The lowest BCUT2D eigenvalue weighted by atomic mass is 9.51. The van der Waals surface area contributed by atoms with Gasteiger partial charge in [-0.05, 0) is 55.8 Å². The number of rotatable bonds is 1. The van der Waals surface area contributed by atoms with Gasteiger partial charge in [0.25, 0.3) is 0 Å². The first-order chi connectivity index (χ1) is 9.79. The second kappa shape index (κ2) is 4.09. The molecule has 0 spiro atoms. The van der Waals surface area contributed by atoms with E-state index in [9.17, 15) is 0 Å². The van der Waals surface area contributed by atoms with Crippen molar-refractivity contribution in [2.45, 2.75) is 51.0 Å². The van der Waals surface area contributed by atoms with Gasteiger partial charge in [-0.2, -0.15) is 5.10 Å². The molecular weight excluding hydrogens is 246 g/mol. The monoisotopic (exact) mass is 271 g/mol. The largest absolute Gasteiger partial charge is 0.312 e. The molecule has 0 unspecified atom stereocenters. The zero-order chi connectivity index (χ0) is 13.3. The van der Waals surface area contributed by atoms with Gasteiger partial charge in [0.15, 0.2) is 0 Å². The average Bonchev–Trinajstić information content (AvgIpc) is 2.76. The van der Waals surface area contributed by atoms with Crippen LogP contribution in [-0.2, 0) is 20.0 Å². The van der Waals surface area contributed by atoms with E-state index in [0.717, 1.165) is 49.1 Å². The summed E-state index contributed by atoms with van der Waals surface area (Å²) in [6, 6.07) is 0. The molecule has 4 fully saturated rings. The lowest BCUT2D eigenvalue weighted by Gasteiger charge is -2.54. The van der Waals surface area contributed by atoms with E-state index >= 15 is 0 Å². The predicted molar refractivity (Wildman–Crippen MR) is 78.4 cm³/mol. The third-order valence-electron chi connectivity index (χ3n) is 6.69. The Bertz CT molecular complexity index is 517. The number of fused-ring (bicyclic) bond motifs is 1. The minimum absolute atomic E-state index is 0.789. The first-order valence-electron chi connectivity index (χ1n) is 8.55. The smallest absolute Gasteiger partial charge is 0.0708 e. The van der Waals surface area contributed by atoms with Crippen molar-refractivity contribution in [3.63, 3.8) is 0 Å².